The summed E-state index contributed by atoms with van der Waals surface area (Å²) in [6.45, 7) is 3.83. The van der Waals surface area contributed by atoms with Crippen LogP contribution in [-0.2, 0) is 29.0 Å². The summed E-state index contributed by atoms with van der Waals surface area (Å²) < 4.78 is 5.28. The number of halogens is 1. The van der Waals surface area contributed by atoms with Crippen LogP contribution in [0.3, 0.4) is 0 Å². The quantitative estimate of drug-likeness (QED) is 0.802. The molecule has 0 amide bonds. The highest BCUT2D eigenvalue weighted by molar-refractivity contribution is 5.85. The molecule has 0 aromatic heterocycles. The predicted octanol–water partition coefficient (Wildman–Crippen LogP) is 3.60. The van der Waals surface area contributed by atoms with Gasteiger partial charge in [-0.2, -0.15) is 0 Å². The summed E-state index contributed by atoms with van der Waals surface area (Å²) >= 11 is 0. The topological polar surface area (TPSA) is 29.5 Å². The predicted molar refractivity (Wildman–Crippen MR) is 93.5 cm³/mol. The average molecular weight is 332 g/mol. The molecule has 23 heavy (non-hydrogen) atoms. The number of carbonyl (C=O) groups excluding carboxylic acids is 1. The zero-order chi connectivity index (χ0) is 15.4. The molecule has 0 radical (unpaired) electrons. The summed E-state index contributed by atoms with van der Waals surface area (Å²) in [5, 5.41) is 0. The minimum atomic E-state index is -0.199. The van der Waals surface area contributed by atoms with Crippen molar-refractivity contribution in [1.82, 2.24) is 4.90 Å². The van der Waals surface area contributed by atoms with Crippen LogP contribution in [0.15, 0.2) is 54.6 Å². The van der Waals surface area contributed by atoms with Crippen LogP contribution in [0.4, 0.5) is 0 Å². The van der Waals surface area contributed by atoms with Crippen molar-refractivity contribution in [2.24, 2.45) is 0 Å². The second-order valence-corrected chi connectivity index (χ2v) is 5.63. The minimum Gasteiger partial charge on any atom is -0.465 e. The number of esters is 1. The van der Waals surface area contributed by atoms with Crippen molar-refractivity contribution in [2.45, 2.75) is 32.5 Å². The second kappa shape index (κ2) is 8.14. The van der Waals surface area contributed by atoms with Gasteiger partial charge in [0.1, 0.15) is 6.04 Å². The van der Waals surface area contributed by atoms with Crippen LogP contribution in [0, 0.1) is 0 Å². The molecule has 1 aliphatic heterocycles. The van der Waals surface area contributed by atoms with E-state index in [9.17, 15) is 4.79 Å². The van der Waals surface area contributed by atoms with Gasteiger partial charge in [0, 0.05) is 13.1 Å². The summed E-state index contributed by atoms with van der Waals surface area (Å²) in [6, 6.07) is 18.4. The van der Waals surface area contributed by atoms with Crippen molar-refractivity contribution in [2.75, 3.05) is 6.61 Å². The normalized spacial score (nSPS) is 17.0. The van der Waals surface area contributed by atoms with Crippen molar-refractivity contribution in [1.29, 1.82) is 0 Å². The molecule has 1 atom stereocenters. The maximum absolute atomic E-state index is 12.3. The fourth-order valence-electron chi connectivity index (χ4n) is 3.03. The van der Waals surface area contributed by atoms with E-state index in [1.54, 1.807) is 0 Å². The summed E-state index contributed by atoms with van der Waals surface area (Å²) in [5.74, 6) is -0.118. The van der Waals surface area contributed by atoms with Gasteiger partial charge >= 0.3 is 5.97 Å². The van der Waals surface area contributed by atoms with Gasteiger partial charge in [0.25, 0.3) is 0 Å². The number of rotatable bonds is 4. The highest BCUT2D eigenvalue weighted by atomic mass is 35.5. The monoisotopic (exact) mass is 331 g/mol. The van der Waals surface area contributed by atoms with E-state index in [4.69, 9.17) is 4.74 Å². The molecule has 0 aliphatic carbocycles. The van der Waals surface area contributed by atoms with Crippen LogP contribution in [-0.4, -0.2) is 23.5 Å². The minimum absolute atomic E-state index is 0. The lowest BCUT2D eigenvalue weighted by atomic mass is 9.93. The summed E-state index contributed by atoms with van der Waals surface area (Å²) in [4.78, 5) is 14.6. The molecule has 2 aromatic rings. The van der Waals surface area contributed by atoms with E-state index in [0.29, 0.717) is 6.61 Å². The molecule has 0 saturated carbocycles. The zero-order valence-corrected chi connectivity index (χ0v) is 14.1. The Morgan fingerprint density at radius 1 is 1.09 bits per heavy atom. The van der Waals surface area contributed by atoms with Gasteiger partial charge < -0.3 is 4.74 Å². The molecule has 122 valence electrons. The highest BCUT2D eigenvalue weighted by Crippen LogP contribution is 2.25. The summed E-state index contributed by atoms with van der Waals surface area (Å²) in [6.07, 6.45) is 0.724. The van der Waals surface area contributed by atoms with Gasteiger partial charge in [-0.1, -0.05) is 54.6 Å². The molecular formula is C19H22ClNO2. The van der Waals surface area contributed by atoms with E-state index >= 15 is 0 Å². The maximum Gasteiger partial charge on any atom is 0.323 e. The molecule has 1 unspecified atom stereocenters. The lowest BCUT2D eigenvalue weighted by Gasteiger charge is -2.35. The Bertz CT molecular complexity index is 645. The van der Waals surface area contributed by atoms with Crippen molar-refractivity contribution < 1.29 is 9.53 Å². The number of ether oxygens (including phenoxy) is 1. The lowest BCUT2D eigenvalue weighted by Crippen LogP contribution is -2.45. The van der Waals surface area contributed by atoms with E-state index < -0.39 is 0 Å². The van der Waals surface area contributed by atoms with Gasteiger partial charge in [0.15, 0.2) is 0 Å². The summed E-state index contributed by atoms with van der Waals surface area (Å²) in [5.41, 5.74) is 3.78. The standard InChI is InChI=1S/C19H21NO2.ClH/c1-2-22-19(21)18-12-16-10-6-7-11-17(16)14-20(18)13-15-8-4-3-5-9-15;/h3-11,18H,2,12-14H2,1H3;1H. The van der Waals surface area contributed by atoms with Crippen molar-refractivity contribution in [3.05, 3.63) is 71.3 Å². The van der Waals surface area contributed by atoms with Gasteiger partial charge in [-0.3, -0.25) is 9.69 Å². The van der Waals surface area contributed by atoms with Crippen LogP contribution in [0.5, 0.6) is 0 Å². The number of nitrogens with zero attached hydrogens (tertiary/aromatic N) is 1. The molecular weight excluding hydrogens is 310 g/mol. The van der Waals surface area contributed by atoms with Crippen LogP contribution >= 0.6 is 12.4 Å². The van der Waals surface area contributed by atoms with Crippen LogP contribution in [0.25, 0.3) is 0 Å². The molecule has 4 heteroatoms. The molecule has 3 nitrogen and oxygen atoms in total. The van der Waals surface area contributed by atoms with Crippen LogP contribution in [0.1, 0.15) is 23.6 Å². The van der Waals surface area contributed by atoms with Gasteiger partial charge in [-0.15, -0.1) is 12.4 Å². The average Bonchev–Trinajstić information content (AvgIpc) is 2.55. The van der Waals surface area contributed by atoms with Crippen LogP contribution < -0.4 is 0 Å². The first-order valence-corrected chi connectivity index (χ1v) is 7.79. The Labute approximate surface area is 143 Å². The molecule has 1 aliphatic rings. The zero-order valence-electron chi connectivity index (χ0n) is 13.3. The third-order valence-corrected chi connectivity index (χ3v) is 4.13. The molecule has 0 N–H and O–H groups in total. The fraction of sp³-hybridized carbons (Fsp3) is 0.316. The molecule has 0 saturated heterocycles. The van der Waals surface area contributed by atoms with Gasteiger partial charge in [0.2, 0.25) is 0 Å². The van der Waals surface area contributed by atoms with E-state index in [-0.39, 0.29) is 24.4 Å². The molecule has 2 aromatic carbocycles. The van der Waals surface area contributed by atoms with E-state index in [0.717, 1.165) is 19.5 Å². The van der Waals surface area contributed by atoms with Crippen molar-refractivity contribution in [3.8, 4) is 0 Å². The second-order valence-electron chi connectivity index (χ2n) is 5.63. The lowest BCUT2D eigenvalue weighted by molar-refractivity contribution is -0.150. The molecule has 0 spiro atoms. The highest BCUT2D eigenvalue weighted by Gasteiger charge is 2.32. The Morgan fingerprint density at radius 3 is 2.43 bits per heavy atom. The van der Waals surface area contributed by atoms with Gasteiger partial charge in [0.05, 0.1) is 6.61 Å². The Hall–Kier alpha value is -1.84. The van der Waals surface area contributed by atoms with E-state index in [1.165, 1.54) is 16.7 Å². The Morgan fingerprint density at radius 2 is 1.74 bits per heavy atom. The third-order valence-electron chi connectivity index (χ3n) is 4.13. The summed E-state index contributed by atoms with van der Waals surface area (Å²) in [7, 11) is 0. The van der Waals surface area contributed by atoms with Crippen molar-refractivity contribution >= 4 is 18.4 Å². The van der Waals surface area contributed by atoms with E-state index in [2.05, 4.69) is 35.2 Å². The smallest absolute Gasteiger partial charge is 0.323 e. The first-order valence-electron chi connectivity index (χ1n) is 7.79. The molecule has 1 heterocycles. The molecule has 0 bridgehead atoms. The maximum atomic E-state index is 12.3. The van der Waals surface area contributed by atoms with Gasteiger partial charge in [-0.05, 0) is 30.0 Å². The van der Waals surface area contributed by atoms with Crippen LogP contribution in [0.2, 0.25) is 0 Å². The molecule has 3 rings (SSSR count). The fourth-order valence-corrected chi connectivity index (χ4v) is 3.03. The number of benzene rings is 2. The van der Waals surface area contributed by atoms with E-state index in [1.807, 2.05) is 31.2 Å². The first-order chi connectivity index (χ1) is 10.8. The number of hydrogen-bond acceptors (Lipinski definition) is 3. The number of hydrogen-bond donors (Lipinski definition) is 0. The number of carbonyl (C=O) groups is 1. The number of fused-ring (bicyclic) bond motifs is 1. The third kappa shape index (κ3) is 4.12. The first kappa shape index (κ1) is 17.5. The Kier molecular flexibility index (Phi) is 6.20. The SMILES string of the molecule is CCOC(=O)C1Cc2ccccc2CN1Cc1ccccc1.Cl. The Balaban J connectivity index is 0.00000192. The largest absolute Gasteiger partial charge is 0.465 e. The van der Waals surface area contributed by atoms with Gasteiger partial charge in [-0.25, -0.2) is 0 Å². The van der Waals surface area contributed by atoms with Crippen molar-refractivity contribution in [3.63, 3.8) is 0 Å². The molecule has 0 fully saturated rings.